The largest absolute Gasteiger partial charge is 0.493 e. The van der Waals surface area contributed by atoms with E-state index in [1.54, 1.807) is 60.6 Å². The van der Waals surface area contributed by atoms with Crippen LogP contribution in [0.5, 0.6) is 23.0 Å². The summed E-state index contributed by atoms with van der Waals surface area (Å²) in [5.41, 5.74) is 20.1. The summed E-state index contributed by atoms with van der Waals surface area (Å²) in [7, 11) is 6.11. The molecule has 0 spiro atoms. The fourth-order valence-corrected chi connectivity index (χ4v) is 13.8. The first-order valence-electron chi connectivity index (χ1n) is 29.0. The van der Waals surface area contributed by atoms with E-state index in [4.69, 9.17) is 49.4 Å². The number of fused-ring (bicyclic) bond motifs is 3. The molecule has 20 nitrogen and oxygen atoms in total. The Balaban J connectivity index is 0.734. The first-order valence-corrected chi connectivity index (χ1v) is 31.3. The molecular formula is C63H79N7O13S2. The minimum Gasteiger partial charge on any atom is -0.493 e. The second kappa shape index (κ2) is 28.3. The van der Waals surface area contributed by atoms with Crippen molar-refractivity contribution in [1.82, 2.24) is 24.9 Å². The van der Waals surface area contributed by atoms with Crippen LogP contribution in [0, 0.1) is 0 Å². The summed E-state index contributed by atoms with van der Waals surface area (Å²) in [6.07, 6.45) is 1.62. The van der Waals surface area contributed by atoms with Gasteiger partial charge < -0.3 is 64.5 Å². The van der Waals surface area contributed by atoms with Gasteiger partial charge >= 0.3 is 12.2 Å². The Bertz CT molecular complexity index is 3080. The van der Waals surface area contributed by atoms with Crippen LogP contribution in [0.1, 0.15) is 103 Å². The number of unbranched alkanes of at least 4 members (excludes halogenated alkanes) is 2. The zero-order valence-corrected chi connectivity index (χ0v) is 50.9. The molecule has 4 saturated heterocycles. The lowest BCUT2D eigenvalue weighted by Gasteiger charge is -2.33. The summed E-state index contributed by atoms with van der Waals surface area (Å²) in [5.74, 6) is 1.25. The van der Waals surface area contributed by atoms with E-state index in [0.29, 0.717) is 100 Å². The molecule has 4 aromatic rings. The molecule has 4 heterocycles. The highest BCUT2D eigenvalue weighted by atomic mass is 33.1. The van der Waals surface area contributed by atoms with Crippen molar-refractivity contribution >= 4 is 62.9 Å². The lowest BCUT2D eigenvalue weighted by Crippen LogP contribution is -2.51. The predicted molar refractivity (Wildman–Crippen MR) is 328 cm³/mol. The number of hydrogen-bond acceptors (Lipinski definition) is 17. The Hall–Kier alpha value is -7.27. The molecule has 0 aromatic heterocycles. The van der Waals surface area contributed by atoms with Gasteiger partial charge in [-0.25, -0.2) is 9.59 Å². The molecule has 4 atom stereocenters. The summed E-state index contributed by atoms with van der Waals surface area (Å²) in [6.45, 7) is 17.6. The van der Waals surface area contributed by atoms with Crippen molar-refractivity contribution in [2.75, 3.05) is 104 Å². The van der Waals surface area contributed by atoms with Crippen molar-refractivity contribution < 1.29 is 61.9 Å². The number of rotatable bonds is 25. The van der Waals surface area contributed by atoms with Gasteiger partial charge in [0.25, 0.3) is 11.8 Å². The molecule has 0 saturated carbocycles. The summed E-state index contributed by atoms with van der Waals surface area (Å²) >= 11 is 0. The maximum atomic E-state index is 14.4. The molecule has 2 unspecified atom stereocenters. The average Bonchev–Trinajstić information content (AvgIpc) is 2.18. The van der Waals surface area contributed by atoms with Crippen LogP contribution in [0.25, 0.3) is 11.1 Å². The third-order valence-electron chi connectivity index (χ3n) is 15.7. The summed E-state index contributed by atoms with van der Waals surface area (Å²) in [4.78, 5) is 74.6. The van der Waals surface area contributed by atoms with Crippen molar-refractivity contribution in [3.63, 3.8) is 0 Å². The number of amides is 5. The van der Waals surface area contributed by atoms with Gasteiger partial charge in [-0.3, -0.25) is 24.2 Å². The molecular weight excluding hydrogens is 1130 g/mol. The minimum atomic E-state index is -0.760. The zero-order chi connectivity index (χ0) is 60.4. The van der Waals surface area contributed by atoms with Crippen molar-refractivity contribution in [2.24, 2.45) is 0 Å². The zero-order valence-electron chi connectivity index (χ0n) is 49.2. The van der Waals surface area contributed by atoms with E-state index in [0.717, 1.165) is 46.2 Å². The van der Waals surface area contributed by atoms with E-state index in [2.05, 4.69) is 42.7 Å². The Morgan fingerprint density at radius 2 is 1.18 bits per heavy atom. The third kappa shape index (κ3) is 14.5. The number of likely N-dealkylation sites (tertiary alicyclic amines) is 2. The van der Waals surface area contributed by atoms with Crippen LogP contribution in [0.4, 0.5) is 21.0 Å². The molecule has 85 heavy (non-hydrogen) atoms. The maximum absolute atomic E-state index is 14.4. The Kier molecular flexibility index (Phi) is 20.7. The SMILES string of the molecule is C=C1C[C@@H](C2OCCN2C(=O)OCC2c3ccccc3-c3ccccc32)N(C(=O)c2cc(OC)c(OCCCCCOc3cc(N)c(C(=O)N4CC(=C)C[C@H]4C4OCCN4C(=O)OCC(C)(C)SSCCC(=O)NCCC)cc3OC)cc2N)C1. The van der Waals surface area contributed by atoms with E-state index in [1.165, 1.54) is 19.1 Å². The van der Waals surface area contributed by atoms with Crippen LogP contribution in [0.2, 0.25) is 0 Å². The third-order valence-corrected chi connectivity index (χ3v) is 18.9. The Labute approximate surface area is 505 Å². The van der Waals surface area contributed by atoms with Crippen molar-refractivity contribution in [2.45, 2.75) is 101 Å². The van der Waals surface area contributed by atoms with E-state index >= 15 is 0 Å². The molecule has 5 N–H and O–H groups in total. The predicted octanol–water partition coefficient (Wildman–Crippen LogP) is 9.52. The number of nitrogens with two attached hydrogens (primary N) is 2. The number of nitrogens with zero attached hydrogens (tertiary/aromatic N) is 4. The highest BCUT2D eigenvalue weighted by Crippen LogP contribution is 2.45. The topological polar surface area (TPSA) is 236 Å². The lowest BCUT2D eigenvalue weighted by atomic mass is 9.98. The summed E-state index contributed by atoms with van der Waals surface area (Å²) < 4.78 is 47.4. The number of nitrogens with one attached hydrogen (secondary N) is 1. The highest BCUT2D eigenvalue weighted by Gasteiger charge is 2.47. The molecule has 22 heteroatoms. The first-order chi connectivity index (χ1) is 41.0. The number of carbonyl (C=O) groups excluding carboxylic acids is 5. The molecule has 4 fully saturated rings. The molecule has 0 bridgehead atoms. The lowest BCUT2D eigenvalue weighted by molar-refractivity contribution is -0.120. The summed E-state index contributed by atoms with van der Waals surface area (Å²) in [5, 5.41) is 2.88. The van der Waals surface area contributed by atoms with E-state index < -0.39 is 41.5 Å². The van der Waals surface area contributed by atoms with Gasteiger partial charge in [0.05, 0.1) is 81.7 Å². The number of methoxy groups -OCH3 is 2. The standard InChI is InChI=1S/C63H79N7O13S2/c1-8-21-66-56(71)20-28-84-85-63(4,5)38-83-62(75)68-23-27-81-60(68)51-30-40(3)36-70(51)58(73)46-32-53(77-7)55(34-49(46)65)79-25-15-9-14-24-78-54-33-48(64)45(31-52(54)76-6)57(72)69-35-39(2)29-50(69)59-67(22-26-80-59)61(74)82-37-47-43-18-12-10-16-41(43)42-17-11-13-19-44(42)47/h10-13,16-19,31-34,47,50-51,59-60H,2-3,8-9,14-15,20-30,35-38,64-65H2,1,4-7H3,(H,66,71)/t50-,51-,59?,60?/m0/s1. The van der Waals surface area contributed by atoms with Gasteiger partial charge in [0.1, 0.15) is 13.2 Å². The molecule has 9 rings (SSSR count). The number of anilines is 2. The Morgan fingerprint density at radius 1 is 0.682 bits per heavy atom. The normalized spacial score (nSPS) is 19.3. The van der Waals surface area contributed by atoms with Gasteiger partial charge in [0.2, 0.25) is 5.91 Å². The van der Waals surface area contributed by atoms with Gasteiger partial charge in [-0.05, 0) is 86.8 Å². The van der Waals surface area contributed by atoms with Crippen molar-refractivity contribution in [3.05, 3.63) is 119 Å². The monoisotopic (exact) mass is 1210 g/mol. The van der Waals surface area contributed by atoms with Crippen LogP contribution >= 0.6 is 21.6 Å². The van der Waals surface area contributed by atoms with Crippen LogP contribution in [-0.4, -0.2) is 171 Å². The van der Waals surface area contributed by atoms with Crippen molar-refractivity contribution in [1.29, 1.82) is 0 Å². The molecule has 5 amide bonds. The van der Waals surface area contributed by atoms with E-state index in [9.17, 15) is 24.0 Å². The number of benzene rings is 4. The molecule has 456 valence electrons. The van der Waals surface area contributed by atoms with Crippen LogP contribution < -0.4 is 35.7 Å². The Morgan fingerprint density at radius 3 is 1.67 bits per heavy atom. The number of carbonyl (C=O) groups is 5. The first kappa shape index (κ1) is 62.3. The van der Waals surface area contributed by atoms with Crippen LogP contribution in [0.3, 0.4) is 0 Å². The second-order valence-electron chi connectivity index (χ2n) is 22.4. The maximum Gasteiger partial charge on any atom is 0.412 e. The highest BCUT2D eigenvalue weighted by molar-refractivity contribution is 8.77. The average molecular weight is 1210 g/mol. The van der Waals surface area contributed by atoms with Crippen LogP contribution in [-0.2, 0) is 23.7 Å². The van der Waals surface area contributed by atoms with Crippen LogP contribution in [0.15, 0.2) is 97.1 Å². The number of hydrogen-bond donors (Lipinski definition) is 3. The number of ether oxygens (including phenoxy) is 8. The van der Waals surface area contributed by atoms with E-state index in [1.807, 2.05) is 45.0 Å². The molecule has 4 aliphatic heterocycles. The van der Waals surface area contributed by atoms with Gasteiger partial charge in [0.15, 0.2) is 35.5 Å². The summed E-state index contributed by atoms with van der Waals surface area (Å²) in [6, 6.07) is 21.6. The van der Waals surface area contributed by atoms with Crippen molar-refractivity contribution in [3.8, 4) is 34.1 Å². The molecule has 0 radical (unpaired) electrons. The number of nitrogen functional groups attached to an aromatic ring is 2. The van der Waals surface area contributed by atoms with Gasteiger partial charge in [-0.2, -0.15) is 0 Å². The minimum absolute atomic E-state index is 0.0206. The second-order valence-corrected chi connectivity index (χ2v) is 25.5. The van der Waals surface area contributed by atoms with E-state index in [-0.39, 0.29) is 79.1 Å². The molecule has 1 aliphatic carbocycles. The van der Waals surface area contributed by atoms with Gasteiger partial charge in [0, 0.05) is 61.2 Å². The fraction of sp³-hybridized carbons (Fsp3) is 0.476. The quantitative estimate of drug-likeness (QED) is 0.0242. The smallest absolute Gasteiger partial charge is 0.412 e. The fourth-order valence-electron chi connectivity index (χ4n) is 11.4. The van der Waals surface area contributed by atoms with Gasteiger partial charge in [-0.15, -0.1) is 0 Å². The van der Waals surface area contributed by atoms with Gasteiger partial charge in [-0.1, -0.05) is 101 Å². The molecule has 5 aliphatic rings. The molecule has 4 aromatic carbocycles.